The second-order valence-electron chi connectivity index (χ2n) is 5.85. The topological polar surface area (TPSA) is 35.2 Å². The molecule has 1 aliphatic rings. The molecule has 100 valence electrons. The Morgan fingerprint density at radius 2 is 2.00 bits per heavy atom. The molecule has 2 N–H and O–H groups in total. The van der Waals surface area contributed by atoms with Gasteiger partial charge in [-0.1, -0.05) is 19.1 Å². The highest BCUT2D eigenvalue weighted by Gasteiger charge is 2.34. The minimum absolute atomic E-state index is 0.174. The maximum Gasteiger partial charge on any atom is 0.122 e. The van der Waals surface area contributed by atoms with Gasteiger partial charge in [0.2, 0.25) is 0 Å². The molecule has 1 aromatic carbocycles. The first kappa shape index (κ1) is 13.4. The van der Waals surface area contributed by atoms with E-state index in [-0.39, 0.29) is 5.41 Å². The highest BCUT2D eigenvalue weighted by molar-refractivity contribution is 5.40. The van der Waals surface area contributed by atoms with Crippen LogP contribution in [0.25, 0.3) is 0 Å². The van der Waals surface area contributed by atoms with Gasteiger partial charge in [0, 0.05) is 12.0 Å². The molecule has 1 saturated carbocycles. The Morgan fingerprint density at radius 1 is 1.33 bits per heavy atom. The molecule has 0 bridgehead atoms. The van der Waals surface area contributed by atoms with E-state index in [2.05, 4.69) is 32.0 Å². The summed E-state index contributed by atoms with van der Waals surface area (Å²) in [7, 11) is 1.74. The molecule has 1 fully saturated rings. The quantitative estimate of drug-likeness (QED) is 0.888. The van der Waals surface area contributed by atoms with Crippen LogP contribution < -0.4 is 10.5 Å². The Hall–Kier alpha value is -1.02. The lowest BCUT2D eigenvalue weighted by atomic mass is 9.67. The van der Waals surface area contributed by atoms with Gasteiger partial charge in [-0.25, -0.2) is 0 Å². The van der Waals surface area contributed by atoms with Crippen LogP contribution in [0.1, 0.15) is 43.7 Å². The van der Waals surface area contributed by atoms with E-state index < -0.39 is 0 Å². The zero-order valence-electron chi connectivity index (χ0n) is 11.8. The monoisotopic (exact) mass is 247 g/mol. The van der Waals surface area contributed by atoms with Crippen molar-refractivity contribution < 1.29 is 4.74 Å². The van der Waals surface area contributed by atoms with Gasteiger partial charge in [0.25, 0.3) is 0 Å². The Labute approximate surface area is 111 Å². The fourth-order valence-electron chi connectivity index (χ4n) is 3.08. The van der Waals surface area contributed by atoms with Gasteiger partial charge in [-0.2, -0.15) is 0 Å². The molecular weight excluding hydrogens is 222 g/mol. The first-order valence-corrected chi connectivity index (χ1v) is 6.96. The molecule has 0 aliphatic heterocycles. The first-order valence-electron chi connectivity index (χ1n) is 6.96. The second-order valence-corrected chi connectivity index (χ2v) is 5.85. The summed E-state index contributed by atoms with van der Waals surface area (Å²) in [4.78, 5) is 0. The fraction of sp³-hybridized carbons (Fsp3) is 0.625. The Kier molecular flexibility index (Phi) is 3.96. The number of methoxy groups -OCH3 is 1. The van der Waals surface area contributed by atoms with E-state index >= 15 is 0 Å². The number of benzene rings is 1. The van der Waals surface area contributed by atoms with Gasteiger partial charge >= 0.3 is 0 Å². The summed E-state index contributed by atoms with van der Waals surface area (Å²) < 4.78 is 5.45. The largest absolute Gasteiger partial charge is 0.496 e. The normalized spacial score (nSPS) is 28.1. The lowest BCUT2D eigenvalue weighted by molar-refractivity contribution is 0.247. The number of ether oxygens (including phenoxy) is 1. The summed E-state index contributed by atoms with van der Waals surface area (Å²) in [6.07, 6.45) is 4.98. The predicted molar refractivity (Wildman–Crippen MR) is 76.1 cm³/mol. The van der Waals surface area contributed by atoms with Crippen molar-refractivity contribution in [1.29, 1.82) is 0 Å². The summed E-state index contributed by atoms with van der Waals surface area (Å²) >= 11 is 0. The molecule has 0 saturated heterocycles. The molecule has 0 radical (unpaired) electrons. The molecule has 0 atom stereocenters. The standard InChI is InChI=1S/C16H25NO/c1-12-6-8-16(11-17,9-7-12)14-5-4-13(2)15(10-14)18-3/h4-5,10,12H,6-9,11,17H2,1-3H3. The van der Waals surface area contributed by atoms with Crippen molar-refractivity contribution in [2.45, 2.75) is 44.9 Å². The van der Waals surface area contributed by atoms with E-state index in [1.165, 1.54) is 36.8 Å². The van der Waals surface area contributed by atoms with Gasteiger partial charge in [-0.15, -0.1) is 0 Å². The average Bonchev–Trinajstić information content (AvgIpc) is 2.41. The number of hydrogen-bond acceptors (Lipinski definition) is 2. The third kappa shape index (κ3) is 2.39. The van der Waals surface area contributed by atoms with Crippen LogP contribution in [-0.2, 0) is 5.41 Å². The molecular formula is C16H25NO. The van der Waals surface area contributed by atoms with Crippen LogP contribution in [0.2, 0.25) is 0 Å². The molecule has 0 amide bonds. The van der Waals surface area contributed by atoms with E-state index in [1.807, 2.05) is 0 Å². The lowest BCUT2D eigenvalue weighted by Gasteiger charge is -2.39. The number of aryl methyl sites for hydroxylation is 1. The summed E-state index contributed by atoms with van der Waals surface area (Å²) in [5, 5.41) is 0. The summed E-state index contributed by atoms with van der Waals surface area (Å²) in [5.74, 6) is 1.83. The van der Waals surface area contributed by atoms with Gasteiger partial charge < -0.3 is 10.5 Å². The fourth-order valence-corrected chi connectivity index (χ4v) is 3.08. The molecule has 2 nitrogen and oxygen atoms in total. The third-order valence-electron chi connectivity index (χ3n) is 4.64. The van der Waals surface area contributed by atoms with Crippen LogP contribution in [-0.4, -0.2) is 13.7 Å². The van der Waals surface area contributed by atoms with Crippen molar-refractivity contribution in [2.24, 2.45) is 11.7 Å². The summed E-state index contributed by atoms with van der Waals surface area (Å²) in [5.41, 5.74) is 8.83. The van der Waals surface area contributed by atoms with Crippen molar-refractivity contribution in [3.63, 3.8) is 0 Å². The van der Waals surface area contributed by atoms with Gasteiger partial charge in [0.1, 0.15) is 5.75 Å². The third-order valence-corrected chi connectivity index (χ3v) is 4.64. The van der Waals surface area contributed by atoms with Gasteiger partial charge in [-0.3, -0.25) is 0 Å². The minimum Gasteiger partial charge on any atom is -0.496 e. The van der Waals surface area contributed by atoms with Crippen LogP contribution in [0.5, 0.6) is 5.75 Å². The van der Waals surface area contributed by atoms with Crippen LogP contribution in [0.4, 0.5) is 0 Å². The van der Waals surface area contributed by atoms with Crippen LogP contribution in [0.3, 0.4) is 0 Å². The highest BCUT2D eigenvalue weighted by atomic mass is 16.5. The first-order chi connectivity index (χ1) is 8.61. The van der Waals surface area contributed by atoms with Crippen molar-refractivity contribution in [1.82, 2.24) is 0 Å². The molecule has 18 heavy (non-hydrogen) atoms. The maximum atomic E-state index is 6.10. The highest BCUT2D eigenvalue weighted by Crippen LogP contribution is 2.42. The molecule has 1 aromatic rings. The zero-order valence-corrected chi connectivity index (χ0v) is 11.8. The van der Waals surface area contributed by atoms with Gasteiger partial charge in [0.15, 0.2) is 0 Å². The molecule has 1 aliphatic carbocycles. The second kappa shape index (κ2) is 5.31. The van der Waals surface area contributed by atoms with E-state index in [4.69, 9.17) is 10.5 Å². The molecule has 2 rings (SSSR count). The Balaban J connectivity index is 2.32. The van der Waals surface area contributed by atoms with E-state index in [1.54, 1.807) is 7.11 Å². The lowest BCUT2D eigenvalue weighted by Crippen LogP contribution is -2.38. The van der Waals surface area contributed by atoms with Crippen LogP contribution in [0.15, 0.2) is 18.2 Å². The molecule has 0 aromatic heterocycles. The number of rotatable bonds is 3. The summed E-state index contributed by atoms with van der Waals surface area (Å²) in [6, 6.07) is 6.59. The smallest absolute Gasteiger partial charge is 0.122 e. The SMILES string of the molecule is COc1cc(C2(CN)CCC(C)CC2)ccc1C. The van der Waals surface area contributed by atoms with Gasteiger partial charge in [-0.05, 0) is 55.7 Å². The average molecular weight is 247 g/mol. The Morgan fingerprint density at radius 3 is 2.56 bits per heavy atom. The van der Waals surface area contributed by atoms with Crippen LogP contribution >= 0.6 is 0 Å². The van der Waals surface area contributed by atoms with E-state index in [0.717, 1.165) is 18.2 Å². The predicted octanol–water partition coefficient (Wildman–Crippen LogP) is 3.41. The molecule has 0 unspecified atom stereocenters. The zero-order chi connectivity index (χ0) is 13.2. The number of nitrogens with two attached hydrogens (primary N) is 1. The Bertz CT molecular complexity index is 406. The minimum atomic E-state index is 0.174. The summed E-state index contributed by atoms with van der Waals surface area (Å²) in [6.45, 7) is 5.17. The van der Waals surface area contributed by atoms with Crippen molar-refractivity contribution in [3.05, 3.63) is 29.3 Å². The van der Waals surface area contributed by atoms with Crippen molar-refractivity contribution >= 4 is 0 Å². The van der Waals surface area contributed by atoms with E-state index in [0.29, 0.717) is 0 Å². The maximum absolute atomic E-state index is 6.10. The van der Waals surface area contributed by atoms with E-state index in [9.17, 15) is 0 Å². The molecule has 0 heterocycles. The van der Waals surface area contributed by atoms with Crippen molar-refractivity contribution in [3.8, 4) is 5.75 Å². The van der Waals surface area contributed by atoms with Gasteiger partial charge in [0.05, 0.1) is 7.11 Å². The molecule has 0 spiro atoms. The van der Waals surface area contributed by atoms with Crippen LogP contribution in [0, 0.1) is 12.8 Å². The molecule has 2 heteroatoms. The van der Waals surface area contributed by atoms with Crippen molar-refractivity contribution in [2.75, 3.05) is 13.7 Å². The number of hydrogen-bond donors (Lipinski definition) is 1.